The van der Waals surface area contributed by atoms with Crippen molar-refractivity contribution in [3.63, 3.8) is 0 Å². The largest absolute Gasteiger partial charge is 0.367 e. The van der Waals surface area contributed by atoms with Gasteiger partial charge in [-0.25, -0.2) is 4.39 Å². The minimum Gasteiger partial charge on any atom is -0.367 e. The molecule has 0 atom stereocenters. The molecule has 0 aliphatic rings. The molecule has 2 aromatic rings. The molecule has 0 saturated carbocycles. The van der Waals surface area contributed by atoms with Gasteiger partial charge < -0.3 is 10.6 Å². The standard InChI is InChI=1S/C14H17FN2S/c1-17(10-12-3-2-8-18-12)14-5-4-11(6-7-16)9-13(14)15/h2-5,8-9H,6-7,10,16H2,1H3. The molecule has 0 spiro atoms. The number of anilines is 1. The van der Waals surface area contributed by atoms with Crippen molar-refractivity contribution < 1.29 is 4.39 Å². The van der Waals surface area contributed by atoms with Crippen LogP contribution in [0.25, 0.3) is 0 Å². The molecule has 1 aromatic carbocycles. The fourth-order valence-corrected chi connectivity index (χ4v) is 2.66. The number of thiophene rings is 1. The normalized spacial score (nSPS) is 10.6. The van der Waals surface area contributed by atoms with Crippen LogP contribution < -0.4 is 10.6 Å². The highest BCUT2D eigenvalue weighted by atomic mass is 32.1. The van der Waals surface area contributed by atoms with E-state index in [1.165, 1.54) is 4.88 Å². The summed E-state index contributed by atoms with van der Waals surface area (Å²) in [5, 5.41) is 2.03. The van der Waals surface area contributed by atoms with Gasteiger partial charge in [0, 0.05) is 11.9 Å². The Morgan fingerprint density at radius 2 is 2.17 bits per heavy atom. The lowest BCUT2D eigenvalue weighted by Crippen LogP contribution is -2.17. The molecular weight excluding hydrogens is 247 g/mol. The summed E-state index contributed by atoms with van der Waals surface area (Å²) in [6.07, 6.45) is 0.714. The molecule has 2 N–H and O–H groups in total. The predicted octanol–water partition coefficient (Wildman–Crippen LogP) is 3.02. The van der Waals surface area contributed by atoms with Crippen molar-refractivity contribution in [2.75, 3.05) is 18.5 Å². The third-order valence-electron chi connectivity index (χ3n) is 2.83. The van der Waals surface area contributed by atoms with Crippen LogP contribution in [-0.4, -0.2) is 13.6 Å². The fraction of sp³-hybridized carbons (Fsp3) is 0.286. The summed E-state index contributed by atoms with van der Waals surface area (Å²) in [7, 11) is 1.90. The summed E-state index contributed by atoms with van der Waals surface area (Å²) < 4.78 is 14.0. The number of hydrogen-bond donors (Lipinski definition) is 1. The Morgan fingerprint density at radius 3 is 2.78 bits per heavy atom. The van der Waals surface area contributed by atoms with Gasteiger partial charge in [0.1, 0.15) is 5.82 Å². The van der Waals surface area contributed by atoms with E-state index in [1.54, 1.807) is 17.4 Å². The third kappa shape index (κ3) is 3.09. The lowest BCUT2D eigenvalue weighted by atomic mass is 10.1. The number of nitrogens with two attached hydrogens (primary N) is 1. The number of hydrogen-bond acceptors (Lipinski definition) is 3. The van der Waals surface area contributed by atoms with E-state index in [1.807, 2.05) is 35.5 Å². The van der Waals surface area contributed by atoms with E-state index >= 15 is 0 Å². The molecule has 2 nitrogen and oxygen atoms in total. The average Bonchev–Trinajstić information content (AvgIpc) is 2.82. The first-order valence-electron chi connectivity index (χ1n) is 5.92. The van der Waals surface area contributed by atoms with Crippen molar-refractivity contribution in [1.82, 2.24) is 0 Å². The summed E-state index contributed by atoms with van der Waals surface area (Å²) in [5.74, 6) is -0.181. The summed E-state index contributed by atoms with van der Waals surface area (Å²) in [5.41, 5.74) is 7.04. The van der Waals surface area contributed by atoms with Crippen molar-refractivity contribution in [1.29, 1.82) is 0 Å². The lowest BCUT2D eigenvalue weighted by molar-refractivity contribution is 0.620. The Bertz CT molecular complexity index is 497. The van der Waals surface area contributed by atoms with Gasteiger partial charge in [0.2, 0.25) is 0 Å². The van der Waals surface area contributed by atoms with Crippen LogP contribution in [0.3, 0.4) is 0 Å². The number of halogens is 1. The average molecular weight is 264 g/mol. The van der Waals surface area contributed by atoms with Gasteiger partial charge in [-0.05, 0) is 42.1 Å². The van der Waals surface area contributed by atoms with Crippen molar-refractivity contribution in [2.45, 2.75) is 13.0 Å². The fourth-order valence-electron chi connectivity index (χ4n) is 1.90. The number of rotatable bonds is 5. The lowest BCUT2D eigenvalue weighted by Gasteiger charge is -2.19. The summed E-state index contributed by atoms with van der Waals surface area (Å²) in [6.45, 7) is 1.27. The molecule has 0 radical (unpaired) electrons. The van der Waals surface area contributed by atoms with Crippen molar-refractivity contribution in [2.24, 2.45) is 5.73 Å². The smallest absolute Gasteiger partial charge is 0.146 e. The molecule has 0 amide bonds. The van der Waals surface area contributed by atoms with Gasteiger partial charge in [-0.3, -0.25) is 0 Å². The van der Waals surface area contributed by atoms with Crippen LogP contribution in [0.4, 0.5) is 10.1 Å². The van der Waals surface area contributed by atoms with Crippen molar-refractivity contribution >= 4 is 17.0 Å². The maximum atomic E-state index is 14.0. The van der Waals surface area contributed by atoms with Gasteiger partial charge in [0.25, 0.3) is 0 Å². The number of benzene rings is 1. The zero-order valence-electron chi connectivity index (χ0n) is 10.4. The molecule has 0 bridgehead atoms. The Hall–Kier alpha value is -1.39. The van der Waals surface area contributed by atoms with E-state index in [0.29, 0.717) is 18.7 Å². The van der Waals surface area contributed by atoms with Gasteiger partial charge in [0.15, 0.2) is 0 Å². The van der Waals surface area contributed by atoms with Crippen molar-refractivity contribution in [3.8, 4) is 0 Å². The Morgan fingerprint density at radius 1 is 1.33 bits per heavy atom. The molecule has 1 aromatic heterocycles. The molecular formula is C14H17FN2S. The first-order valence-corrected chi connectivity index (χ1v) is 6.80. The summed E-state index contributed by atoms with van der Waals surface area (Å²) >= 11 is 1.68. The van der Waals surface area contributed by atoms with Crippen LogP contribution in [0.2, 0.25) is 0 Å². The SMILES string of the molecule is CN(Cc1cccs1)c1ccc(CCN)cc1F. The Kier molecular flexibility index (Phi) is 4.33. The zero-order chi connectivity index (χ0) is 13.0. The molecule has 2 rings (SSSR count). The minimum atomic E-state index is -0.181. The van der Waals surface area contributed by atoms with Crippen LogP contribution in [0.1, 0.15) is 10.4 Å². The Labute approximate surface area is 111 Å². The summed E-state index contributed by atoms with van der Waals surface area (Å²) in [4.78, 5) is 3.15. The second-order valence-corrected chi connectivity index (χ2v) is 5.29. The summed E-state index contributed by atoms with van der Waals surface area (Å²) in [6, 6.07) is 9.41. The second-order valence-electron chi connectivity index (χ2n) is 4.26. The van der Waals surface area contributed by atoms with E-state index in [4.69, 9.17) is 5.73 Å². The zero-order valence-corrected chi connectivity index (χ0v) is 11.2. The first kappa shape index (κ1) is 13.1. The molecule has 1 heterocycles. The second kappa shape index (κ2) is 5.98. The van der Waals surface area contributed by atoms with Crippen LogP contribution in [-0.2, 0) is 13.0 Å². The van der Waals surface area contributed by atoms with Crippen LogP contribution in [0, 0.1) is 5.82 Å². The molecule has 0 aliphatic heterocycles. The van der Waals surface area contributed by atoms with E-state index in [9.17, 15) is 4.39 Å². The maximum absolute atomic E-state index is 14.0. The molecule has 0 unspecified atom stereocenters. The molecule has 0 aliphatic carbocycles. The van der Waals surface area contributed by atoms with E-state index in [-0.39, 0.29) is 5.82 Å². The Balaban J connectivity index is 2.12. The highest BCUT2D eigenvalue weighted by Gasteiger charge is 2.09. The van der Waals surface area contributed by atoms with Gasteiger partial charge >= 0.3 is 0 Å². The quantitative estimate of drug-likeness (QED) is 0.899. The monoisotopic (exact) mass is 264 g/mol. The van der Waals surface area contributed by atoms with Crippen LogP contribution in [0.15, 0.2) is 35.7 Å². The maximum Gasteiger partial charge on any atom is 0.146 e. The predicted molar refractivity (Wildman–Crippen MR) is 75.6 cm³/mol. The molecule has 0 fully saturated rings. The van der Waals surface area contributed by atoms with Crippen molar-refractivity contribution in [3.05, 3.63) is 52.0 Å². The van der Waals surface area contributed by atoms with E-state index in [0.717, 1.165) is 12.1 Å². The van der Waals surface area contributed by atoms with E-state index < -0.39 is 0 Å². The highest BCUT2D eigenvalue weighted by Crippen LogP contribution is 2.22. The first-order chi connectivity index (χ1) is 8.70. The number of nitrogens with zero attached hydrogens (tertiary/aromatic N) is 1. The van der Waals surface area contributed by atoms with Gasteiger partial charge in [-0.15, -0.1) is 11.3 Å². The molecule has 4 heteroatoms. The highest BCUT2D eigenvalue weighted by molar-refractivity contribution is 7.09. The van der Waals surface area contributed by atoms with Gasteiger partial charge in [-0.2, -0.15) is 0 Å². The minimum absolute atomic E-state index is 0.181. The van der Waals surface area contributed by atoms with Crippen LogP contribution in [0.5, 0.6) is 0 Å². The molecule has 96 valence electrons. The molecule has 0 saturated heterocycles. The van der Waals surface area contributed by atoms with Gasteiger partial charge in [-0.1, -0.05) is 12.1 Å². The van der Waals surface area contributed by atoms with Crippen LogP contribution >= 0.6 is 11.3 Å². The topological polar surface area (TPSA) is 29.3 Å². The van der Waals surface area contributed by atoms with E-state index in [2.05, 4.69) is 6.07 Å². The van der Waals surface area contributed by atoms with Gasteiger partial charge in [0.05, 0.1) is 12.2 Å². The molecule has 18 heavy (non-hydrogen) atoms. The third-order valence-corrected chi connectivity index (χ3v) is 3.69.